The molecule has 70 valence electrons. The molecule has 1 aromatic heterocycles. The second-order valence-electron chi connectivity index (χ2n) is 2.03. The molecule has 0 atom stereocenters. The van der Waals surface area contributed by atoms with Gasteiger partial charge in [-0.15, -0.1) is 0 Å². The molecule has 0 aromatic carbocycles. The maximum atomic E-state index is 4.01. The first-order chi connectivity index (χ1) is 5.60. The van der Waals surface area contributed by atoms with Gasteiger partial charge in [0.15, 0.2) is 0 Å². The van der Waals surface area contributed by atoms with E-state index in [-0.39, 0.29) is 0 Å². The van der Waals surface area contributed by atoms with E-state index in [9.17, 15) is 0 Å². The van der Waals surface area contributed by atoms with Gasteiger partial charge in [-0.2, -0.15) is 0 Å². The second kappa shape index (κ2) is 7.59. The van der Waals surface area contributed by atoms with Gasteiger partial charge in [-0.3, -0.25) is 0 Å². The van der Waals surface area contributed by atoms with Crippen molar-refractivity contribution in [3.05, 3.63) is 17.5 Å². The molecule has 6 heteroatoms. The van der Waals surface area contributed by atoms with Gasteiger partial charge < -0.3 is 0 Å². The van der Waals surface area contributed by atoms with Crippen molar-refractivity contribution >= 4 is 37.2 Å². The molecule has 0 amide bonds. The Kier molecular flexibility index (Phi) is 8.35. The van der Waals surface area contributed by atoms with Crippen LogP contribution in [0.5, 0.6) is 0 Å². The predicted octanol–water partition coefficient (Wildman–Crippen LogP) is -0.428. The van der Waals surface area contributed by atoms with Crippen molar-refractivity contribution in [2.75, 3.05) is 0 Å². The fourth-order valence-electron chi connectivity index (χ4n) is 0.777. The molecule has 3 nitrogen and oxygen atoms in total. The SMILES string of the molecule is Cc1nc(C)nc(C)n1.I[I-]I. The molecule has 0 fully saturated rings. The van der Waals surface area contributed by atoms with Crippen LogP contribution in [0.25, 0.3) is 0 Å². The van der Waals surface area contributed by atoms with Gasteiger partial charge in [0.05, 0.1) is 0 Å². The van der Waals surface area contributed by atoms with Gasteiger partial charge in [-0.25, -0.2) is 15.0 Å². The third kappa shape index (κ3) is 6.69. The minimum atomic E-state index is 0.530. The van der Waals surface area contributed by atoms with E-state index in [2.05, 4.69) is 52.2 Å². The van der Waals surface area contributed by atoms with Crippen LogP contribution in [0.2, 0.25) is 0 Å². The molecule has 0 saturated carbocycles. The van der Waals surface area contributed by atoms with Crippen LogP contribution in [0.4, 0.5) is 0 Å². The zero-order valence-electron chi connectivity index (χ0n) is 6.98. The van der Waals surface area contributed by atoms with Crippen molar-refractivity contribution in [2.24, 2.45) is 0 Å². The number of rotatable bonds is 0. The number of aromatic nitrogens is 3. The third-order valence-electron chi connectivity index (χ3n) is 0.971. The summed E-state index contributed by atoms with van der Waals surface area (Å²) in [7, 11) is 0. The molecule has 1 aromatic rings. The molecule has 1 heterocycles. The second-order valence-corrected chi connectivity index (χ2v) is 18.3. The topological polar surface area (TPSA) is 38.7 Å². The summed E-state index contributed by atoms with van der Waals surface area (Å²) in [6, 6.07) is 0. The summed E-state index contributed by atoms with van der Waals surface area (Å²) >= 11 is 5.30. The molecule has 0 unspecified atom stereocenters. The van der Waals surface area contributed by atoms with E-state index >= 15 is 0 Å². The van der Waals surface area contributed by atoms with Crippen LogP contribution in [-0.4, -0.2) is 15.0 Å². The Morgan fingerprint density at radius 2 is 1.00 bits per heavy atom. The van der Waals surface area contributed by atoms with E-state index in [0.29, 0.717) is 13.3 Å². The fourth-order valence-corrected chi connectivity index (χ4v) is 0.777. The van der Waals surface area contributed by atoms with E-state index in [1.807, 2.05) is 20.8 Å². The van der Waals surface area contributed by atoms with Crippen molar-refractivity contribution in [1.82, 2.24) is 15.0 Å². The zero-order valence-corrected chi connectivity index (χ0v) is 13.4. The molecule has 0 radical (unpaired) electrons. The van der Waals surface area contributed by atoms with Crippen LogP contribution in [0.3, 0.4) is 0 Å². The summed E-state index contributed by atoms with van der Waals surface area (Å²) < 4.78 is 0. The van der Waals surface area contributed by atoms with Gasteiger partial charge >= 0.3 is 50.5 Å². The van der Waals surface area contributed by atoms with Crippen LogP contribution in [0.1, 0.15) is 17.5 Å². The molecule has 1 rings (SSSR count). The molecule has 0 bridgehead atoms. The summed E-state index contributed by atoms with van der Waals surface area (Å²) in [6.07, 6.45) is 0. The Morgan fingerprint density at radius 1 is 0.833 bits per heavy atom. The van der Waals surface area contributed by atoms with Crippen molar-refractivity contribution < 1.29 is 13.3 Å². The first-order valence-electron chi connectivity index (χ1n) is 3.13. The van der Waals surface area contributed by atoms with Crippen LogP contribution in [0, 0.1) is 20.8 Å². The normalized spacial score (nSPS) is 9.08. The number of nitrogens with zero attached hydrogens (tertiary/aromatic N) is 3. The van der Waals surface area contributed by atoms with Gasteiger partial charge in [-0.05, 0) is 20.8 Å². The third-order valence-corrected chi connectivity index (χ3v) is 0.971. The maximum absolute atomic E-state index is 4.01. The number of aryl methyl sites for hydroxylation is 3. The number of halogens is 3. The van der Waals surface area contributed by atoms with Gasteiger partial charge in [0.25, 0.3) is 0 Å². The Hall–Kier alpha value is 1.20. The number of hydrogen-bond donors (Lipinski definition) is 0. The molecular formula is C6H9I3N3-. The van der Waals surface area contributed by atoms with Gasteiger partial charge in [0, 0.05) is 0 Å². The van der Waals surface area contributed by atoms with Crippen molar-refractivity contribution in [2.45, 2.75) is 20.8 Å². The van der Waals surface area contributed by atoms with E-state index < -0.39 is 0 Å². The molecule has 0 aliphatic carbocycles. The summed E-state index contributed by atoms with van der Waals surface area (Å²) in [5.74, 6) is 2.38. The van der Waals surface area contributed by atoms with E-state index in [4.69, 9.17) is 0 Å². The average Bonchev–Trinajstić information content (AvgIpc) is 1.84. The van der Waals surface area contributed by atoms with E-state index in [0.717, 1.165) is 17.5 Å². The van der Waals surface area contributed by atoms with Crippen LogP contribution < -0.4 is 13.3 Å². The van der Waals surface area contributed by atoms with Crippen molar-refractivity contribution in [3.8, 4) is 0 Å². The van der Waals surface area contributed by atoms with Crippen LogP contribution in [0.15, 0.2) is 0 Å². The molecular weight excluding hydrogens is 495 g/mol. The molecule has 0 N–H and O–H groups in total. The van der Waals surface area contributed by atoms with Gasteiger partial charge in [0.1, 0.15) is 17.5 Å². The molecule has 12 heavy (non-hydrogen) atoms. The van der Waals surface area contributed by atoms with E-state index in [1.54, 1.807) is 0 Å². The Bertz CT molecular complexity index is 191. The Labute approximate surface area is 102 Å². The molecule has 0 spiro atoms. The fraction of sp³-hybridized carbons (Fsp3) is 0.500. The Balaban J connectivity index is 0.000000354. The number of hydrogen-bond acceptors (Lipinski definition) is 3. The van der Waals surface area contributed by atoms with Gasteiger partial charge in [-0.1, -0.05) is 0 Å². The summed E-state index contributed by atoms with van der Waals surface area (Å²) in [5.41, 5.74) is 0. The minimum absolute atomic E-state index is 0.530. The average molecular weight is 504 g/mol. The quantitative estimate of drug-likeness (QED) is 0.451. The molecule has 0 saturated heterocycles. The first-order valence-corrected chi connectivity index (χ1v) is 15.7. The monoisotopic (exact) mass is 504 g/mol. The standard InChI is InChI=1S/C6H9N3.I3/c1-4-7-5(2)9-6(3)8-4;1-3-2/h1-3H3;/q;-1. The zero-order chi connectivity index (χ0) is 9.56. The summed E-state index contributed by atoms with van der Waals surface area (Å²) in [5, 5.41) is 0. The summed E-state index contributed by atoms with van der Waals surface area (Å²) in [4.78, 5) is 12.0. The van der Waals surface area contributed by atoms with Crippen molar-refractivity contribution in [3.63, 3.8) is 0 Å². The van der Waals surface area contributed by atoms with E-state index in [1.165, 1.54) is 0 Å². The molecule has 0 aliphatic heterocycles. The predicted molar refractivity (Wildman–Crippen MR) is 62.1 cm³/mol. The summed E-state index contributed by atoms with van der Waals surface area (Å²) in [6.45, 7) is 5.59. The molecule has 0 aliphatic rings. The first kappa shape index (κ1) is 13.2. The van der Waals surface area contributed by atoms with Crippen LogP contribution in [-0.2, 0) is 0 Å². The van der Waals surface area contributed by atoms with Gasteiger partial charge in [0.2, 0.25) is 0 Å². The Morgan fingerprint density at radius 3 is 1.17 bits per heavy atom. The van der Waals surface area contributed by atoms with Crippen molar-refractivity contribution in [1.29, 1.82) is 0 Å². The van der Waals surface area contributed by atoms with Crippen LogP contribution >= 0.6 is 37.2 Å².